The number of anilines is 2. The number of fused-ring (bicyclic) bond motifs is 1. The summed E-state index contributed by atoms with van der Waals surface area (Å²) in [6, 6.07) is 8.03. The number of methoxy groups -OCH3 is 2. The number of rotatable bonds is 5. The zero-order chi connectivity index (χ0) is 19.8. The van der Waals surface area contributed by atoms with Crippen molar-refractivity contribution in [1.82, 2.24) is 0 Å². The van der Waals surface area contributed by atoms with Crippen molar-refractivity contribution in [3.63, 3.8) is 0 Å². The van der Waals surface area contributed by atoms with Gasteiger partial charge in [0.15, 0.2) is 0 Å². The Labute approximate surface area is 166 Å². The summed E-state index contributed by atoms with van der Waals surface area (Å²) in [6.07, 6.45) is 0.689. The molecule has 1 amide bonds. The summed E-state index contributed by atoms with van der Waals surface area (Å²) < 4.78 is 39.3. The molecule has 2 aromatic rings. The van der Waals surface area contributed by atoms with Gasteiger partial charge in [0.05, 0.1) is 19.9 Å². The maximum absolute atomic E-state index is 13.0. The van der Waals surface area contributed by atoms with Crippen molar-refractivity contribution in [2.45, 2.75) is 18.2 Å². The largest absolute Gasteiger partial charge is 0.497 e. The summed E-state index contributed by atoms with van der Waals surface area (Å²) >= 11 is 3.34. The van der Waals surface area contributed by atoms with Gasteiger partial charge in [-0.05, 0) is 40.0 Å². The Morgan fingerprint density at radius 2 is 1.74 bits per heavy atom. The number of sulfonamides is 1. The molecule has 1 N–H and O–H groups in total. The summed E-state index contributed by atoms with van der Waals surface area (Å²) in [6.45, 7) is 2.01. The molecule has 0 saturated carbocycles. The van der Waals surface area contributed by atoms with Crippen LogP contribution in [0.25, 0.3) is 0 Å². The molecule has 0 atom stereocenters. The van der Waals surface area contributed by atoms with E-state index in [0.29, 0.717) is 40.3 Å². The summed E-state index contributed by atoms with van der Waals surface area (Å²) in [5.74, 6) is 0.801. The molecule has 1 aliphatic rings. The minimum Gasteiger partial charge on any atom is -0.497 e. The molecular formula is C18H19BrN2O5S. The smallest absolute Gasteiger partial charge is 0.263 e. The van der Waals surface area contributed by atoms with Crippen molar-refractivity contribution in [3.05, 3.63) is 40.4 Å². The van der Waals surface area contributed by atoms with Gasteiger partial charge in [-0.25, -0.2) is 8.42 Å². The van der Waals surface area contributed by atoms with E-state index < -0.39 is 10.0 Å². The van der Waals surface area contributed by atoms with E-state index >= 15 is 0 Å². The summed E-state index contributed by atoms with van der Waals surface area (Å²) in [4.78, 5) is 13.4. The lowest BCUT2D eigenvalue weighted by molar-refractivity contribution is -0.116. The first-order chi connectivity index (χ1) is 12.7. The van der Waals surface area contributed by atoms with Gasteiger partial charge in [-0.3, -0.25) is 9.52 Å². The molecule has 0 aliphatic carbocycles. The number of halogens is 1. The second-order valence-corrected chi connectivity index (χ2v) is 8.54. The van der Waals surface area contributed by atoms with Crippen LogP contribution < -0.4 is 19.1 Å². The Morgan fingerprint density at radius 3 is 2.30 bits per heavy atom. The minimum absolute atomic E-state index is 0.0520. The Bertz CT molecular complexity index is 985. The van der Waals surface area contributed by atoms with E-state index in [4.69, 9.17) is 9.47 Å². The minimum atomic E-state index is -3.91. The molecule has 0 saturated heterocycles. The predicted molar refractivity (Wildman–Crippen MR) is 106 cm³/mol. The molecule has 9 heteroatoms. The van der Waals surface area contributed by atoms with Crippen LogP contribution in [-0.2, 0) is 21.2 Å². The number of amides is 1. The summed E-state index contributed by atoms with van der Waals surface area (Å²) in [5, 5.41) is 0. The number of carbonyl (C=O) groups excluding carboxylic acids is 1. The Morgan fingerprint density at radius 1 is 1.11 bits per heavy atom. The van der Waals surface area contributed by atoms with Crippen LogP contribution >= 0.6 is 15.9 Å². The highest BCUT2D eigenvalue weighted by Crippen LogP contribution is 2.36. The van der Waals surface area contributed by atoms with Crippen molar-refractivity contribution in [2.24, 2.45) is 0 Å². The molecule has 7 nitrogen and oxygen atoms in total. The van der Waals surface area contributed by atoms with E-state index in [2.05, 4.69) is 20.7 Å². The van der Waals surface area contributed by atoms with Crippen LogP contribution in [0.2, 0.25) is 0 Å². The summed E-state index contributed by atoms with van der Waals surface area (Å²) in [7, 11) is -0.937. The van der Waals surface area contributed by atoms with Gasteiger partial charge in [0.1, 0.15) is 16.4 Å². The first-order valence-corrected chi connectivity index (χ1v) is 10.4. The molecule has 0 radical (unpaired) electrons. The molecule has 0 spiro atoms. The number of benzene rings is 2. The average Bonchev–Trinajstić information content (AvgIpc) is 3.03. The third-order valence-electron chi connectivity index (χ3n) is 4.30. The average molecular weight is 455 g/mol. The Hall–Kier alpha value is -2.26. The van der Waals surface area contributed by atoms with Crippen molar-refractivity contribution in [3.8, 4) is 11.5 Å². The van der Waals surface area contributed by atoms with Crippen molar-refractivity contribution < 1.29 is 22.7 Å². The molecule has 3 rings (SSSR count). The normalized spacial score (nSPS) is 13.3. The van der Waals surface area contributed by atoms with E-state index in [-0.39, 0.29) is 10.8 Å². The van der Waals surface area contributed by atoms with Gasteiger partial charge in [0, 0.05) is 41.8 Å². The fourth-order valence-corrected chi connectivity index (χ4v) is 5.15. The molecule has 144 valence electrons. The van der Waals surface area contributed by atoms with Crippen molar-refractivity contribution in [1.29, 1.82) is 0 Å². The first-order valence-electron chi connectivity index (χ1n) is 8.11. The molecule has 0 aromatic heterocycles. The number of hydrogen-bond acceptors (Lipinski definition) is 5. The monoisotopic (exact) mass is 454 g/mol. The molecular weight excluding hydrogens is 436 g/mol. The molecule has 1 aliphatic heterocycles. The van der Waals surface area contributed by atoms with E-state index in [1.54, 1.807) is 29.2 Å². The van der Waals surface area contributed by atoms with Crippen LogP contribution in [0.15, 0.2) is 39.7 Å². The Balaban J connectivity index is 2.01. The fraction of sp³-hybridized carbons (Fsp3) is 0.278. The third kappa shape index (κ3) is 3.89. The van der Waals surface area contributed by atoms with Crippen LogP contribution in [0.4, 0.5) is 11.4 Å². The predicted octanol–water partition coefficient (Wildman–Crippen LogP) is 3.18. The van der Waals surface area contributed by atoms with Gasteiger partial charge in [-0.2, -0.15) is 0 Å². The SMILES string of the molecule is COc1cc(NS(=O)(=O)c2cc3c(cc2Br)CCN3C(C)=O)cc(OC)c1. The quantitative estimate of drug-likeness (QED) is 0.749. The highest BCUT2D eigenvalue weighted by atomic mass is 79.9. The van der Waals surface area contributed by atoms with Gasteiger partial charge >= 0.3 is 0 Å². The van der Waals surface area contributed by atoms with Crippen LogP contribution in [0, 0.1) is 0 Å². The highest BCUT2D eigenvalue weighted by molar-refractivity contribution is 9.10. The standard InChI is InChI=1S/C18H19BrN2O5S/c1-11(22)21-5-4-12-6-16(19)18(10-17(12)21)27(23,24)20-13-7-14(25-2)9-15(8-13)26-3/h6-10,20H,4-5H2,1-3H3. The van der Waals surface area contributed by atoms with Gasteiger partial charge in [-0.1, -0.05) is 0 Å². The molecule has 2 aromatic carbocycles. The van der Waals surface area contributed by atoms with E-state index in [1.807, 2.05) is 0 Å². The lowest BCUT2D eigenvalue weighted by Crippen LogP contribution is -2.26. The number of ether oxygens (including phenoxy) is 2. The number of nitrogens with one attached hydrogen (secondary N) is 1. The first kappa shape index (κ1) is 19.5. The summed E-state index contributed by atoms with van der Waals surface area (Å²) in [5.41, 5.74) is 1.86. The van der Waals surface area contributed by atoms with E-state index in [1.165, 1.54) is 27.2 Å². The van der Waals surface area contributed by atoms with Gasteiger partial charge in [0.25, 0.3) is 10.0 Å². The zero-order valence-electron chi connectivity index (χ0n) is 15.1. The highest BCUT2D eigenvalue weighted by Gasteiger charge is 2.27. The van der Waals surface area contributed by atoms with Crippen LogP contribution in [0.1, 0.15) is 12.5 Å². The van der Waals surface area contributed by atoms with Crippen LogP contribution in [-0.4, -0.2) is 35.1 Å². The zero-order valence-corrected chi connectivity index (χ0v) is 17.5. The fourth-order valence-electron chi connectivity index (χ4n) is 3.00. The van der Waals surface area contributed by atoms with Crippen LogP contribution in [0.3, 0.4) is 0 Å². The second kappa shape index (κ2) is 7.40. The lowest BCUT2D eigenvalue weighted by Gasteiger charge is -2.17. The maximum atomic E-state index is 13.0. The number of nitrogens with zero attached hydrogens (tertiary/aromatic N) is 1. The molecule has 0 bridgehead atoms. The maximum Gasteiger partial charge on any atom is 0.263 e. The second-order valence-electron chi connectivity index (χ2n) is 6.04. The lowest BCUT2D eigenvalue weighted by atomic mass is 10.2. The van der Waals surface area contributed by atoms with E-state index in [0.717, 1.165) is 5.56 Å². The molecule has 27 heavy (non-hydrogen) atoms. The molecule has 1 heterocycles. The third-order valence-corrected chi connectivity index (χ3v) is 6.64. The topological polar surface area (TPSA) is 84.9 Å². The van der Waals surface area contributed by atoms with Gasteiger partial charge in [-0.15, -0.1) is 0 Å². The number of carbonyl (C=O) groups is 1. The van der Waals surface area contributed by atoms with Crippen molar-refractivity contribution in [2.75, 3.05) is 30.4 Å². The van der Waals surface area contributed by atoms with Gasteiger partial charge in [0.2, 0.25) is 5.91 Å². The van der Waals surface area contributed by atoms with E-state index in [9.17, 15) is 13.2 Å². The van der Waals surface area contributed by atoms with Crippen LogP contribution in [0.5, 0.6) is 11.5 Å². The van der Waals surface area contributed by atoms with Crippen molar-refractivity contribution >= 4 is 43.2 Å². The Kier molecular flexibility index (Phi) is 5.34. The molecule has 0 fully saturated rings. The molecule has 0 unspecified atom stereocenters. The number of hydrogen-bond donors (Lipinski definition) is 1. The van der Waals surface area contributed by atoms with Gasteiger partial charge < -0.3 is 14.4 Å².